The molecule has 0 bridgehead atoms. The average molecular weight is 376 g/mol. The maximum atomic E-state index is 12.5. The number of carbonyl (C=O) groups excluding carboxylic acids is 2. The number of ether oxygens (including phenoxy) is 3. The fourth-order valence-electron chi connectivity index (χ4n) is 2.81. The minimum Gasteiger partial charge on any atom is -0.494 e. The van der Waals surface area contributed by atoms with Gasteiger partial charge in [-0.05, 0) is 31.0 Å². The summed E-state index contributed by atoms with van der Waals surface area (Å²) in [6.45, 7) is 4.97. The van der Waals surface area contributed by atoms with Gasteiger partial charge in [-0.1, -0.05) is 31.9 Å². The molecule has 1 heterocycles. The highest BCUT2D eigenvalue weighted by atomic mass is 16.6. The number of nitrogens with one attached hydrogen (secondary N) is 2. The van der Waals surface area contributed by atoms with E-state index in [9.17, 15) is 9.59 Å². The van der Waals surface area contributed by atoms with Gasteiger partial charge in [0.05, 0.1) is 24.8 Å². The zero-order valence-electron chi connectivity index (χ0n) is 16.2. The van der Waals surface area contributed by atoms with E-state index in [1.165, 1.54) is 7.11 Å². The molecule has 7 heteroatoms. The van der Waals surface area contributed by atoms with E-state index in [0.717, 1.165) is 30.6 Å². The summed E-state index contributed by atoms with van der Waals surface area (Å²) in [5.74, 6) is 0.280. The standard InChI is InChI=1S/C20H28N2O5/c1-4-5-6-11-26-16-9-7-15(8-10-16)18-17(14(2)21-20(24)22-18)19(23)27-13-12-25-3/h7-10,18H,4-6,11-13H2,1-3H3,(H2,21,22,24)/t18-/m0/s1. The predicted molar refractivity (Wildman–Crippen MR) is 101 cm³/mol. The largest absolute Gasteiger partial charge is 0.494 e. The molecule has 1 atom stereocenters. The maximum absolute atomic E-state index is 12.5. The summed E-state index contributed by atoms with van der Waals surface area (Å²) in [7, 11) is 1.54. The molecule has 27 heavy (non-hydrogen) atoms. The average Bonchev–Trinajstić information content (AvgIpc) is 2.65. The molecule has 0 unspecified atom stereocenters. The molecule has 0 fully saturated rings. The van der Waals surface area contributed by atoms with Crippen LogP contribution in [0.2, 0.25) is 0 Å². The van der Waals surface area contributed by atoms with Crippen LogP contribution in [0.15, 0.2) is 35.5 Å². The van der Waals surface area contributed by atoms with Crippen LogP contribution < -0.4 is 15.4 Å². The smallest absolute Gasteiger partial charge is 0.338 e. The van der Waals surface area contributed by atoms with Gasteiger partial charge in [0.15, 0.2) is 0 Å². The molecule has 7 nitrogen and oxygen atoms in total. The number of unbranched alkanes of at least 4 members (excludes halogenated alkanes) is 2. The fourth-order valence-corrected chi connectivity index (χ4v) is 2.81. The molecule has 0 aromatic heterocycles. The van der Waals surface area contributed by atoms with Crippen molar-refractivity contribution in [1.29, 1.82) is 0 Å². The SMILES string of the molecule is CCCCCOc1ccc([C@@H]2NC(=O)NC(C)=C2C(=O)OCCOC)cc1. The minimum atomic E-state index is -0.581. The lowest BCUT2D eigenvalue weighted by atomic mass is 9.95. The molecule has 0 radical (unpaired) electrons. The summed E-state index contributed by atoms with van der Waals surface area (Å²) in [6, 6.07) is 6.45. The molecule has 1 aromatic rings. The van der Waals surface area contributed by atoms with Gasteiger partial charge in [0, 0.05) is 12.8 Å². The van der Waals surface area contributed by atoms with Gasteiger partial charge in [-0.2, -0.15) is 0 Å². The van der Waals surface area contributed by atoms with Gasteiger partial charge in [0.1, 0.15) is 12.4 Å². The number of rotatable bonds is 10. The number of amides is 2. The van der Waals surface area contributed by atoms with Crippen molar-refractivity contribution in [3.63, 3.8) is 0 Å². The highest BCUT2D eigenvalue weighted by Gasteiger charge is 2.32. The molecular formula is C20H28N2O5. The second kappa shape index (κ2) is 10.6. The number of carbonyl (C=O) groups is 2. The summed E-state index contributed by atoms with van der Waals surface area (Å²) < 4.78 is 15.9. The molecule has 2 N–H and O–H groups in total. The minimum absolute atomic E-state index is 0.150. The molecule has 0 saturated heterocycles. The Labute approximate surface area is 160 Å². The van der Waals surface area contributed by atoms with Crippen LogP contribution in [0.25, 0.3) is 0 Å². The van der Waals surface area contributed by atoms with Crippen molar-refractivity contribution in [2.75, 3.05) is 26.9 Å². The van der Waals surface area contributed by atoms with Gasteiger partial charge in [-0.25, -0.2) is 9.59 Å². The molecule has 1 aliphatic heterocycles. The van der Waals surface area contributed by atoms with Crippen molar-refractivity contribution >= 4 is 12.0 Å². The summed E-state index contributed by atoms with van der Waals surface area (Å²) in [6.07, 6.45) is 3.30. The summed E-state index contributed by atoms with van der Waals surface area (Å²) in [5.41, 5.74) is 1.64. The van der Waals surface area contributed by atoms with Crippen LogP contribution in [0.1, 0.15) is 44.7 Å². The van der Waals surface area contributed by atoms with Crippen LogP contribution in [0.3, 0.4) is 0 Å². The van der Waals surface area contributed by atoms with Crippen LogP contribution in [-0.2, 0) is 14.3 Å². The maximum Gasteiger partial charge on any atom is 0.338 e. The van der Waals surface area contributed by atoms with E-state index >= 15 is 0 Å². The number of hydrogen-bond acceptors (Lipinski definition) is 5. The number of methoxy groups -OCH3 is 1. The molecule has 0 saturated carbocycles. The topological polar surface area (TPSA) is 85.9 Å². The quantitative estimate of drug-likeness (QED) is 0.484. The van der Waals surface area contributed by atoms with Gasteiger partial charge < -0.3 is 24.8 Å². The summed E-state index contributed by atoms with van der Waals surface area (Å²) in [5, 5.41) is 5.41. The monoisotopic (exact) mass is 376 g/mol. The van der Waals surface area contributed by atoms with Crippen LogP contribution in [0, 0.1) is 0 Å². The van der Waals surface area contributed by atoms with Crippen molar-refractivity contribution in [2.24, 2.45) is 0 Å². The molecule has 1 aromatic carbocycles. The fraction of sp³-hybridized carbons (Fsp3) is 0.500. The molecular weight excluding hydrogens is 348 g/mol. The predicted octanol–water partition coefficient (Wildman–Crippen LogP) is 3.07. The highest BCUT2D eigenvalue weighted by Crippen LogP contribution is 2.28. The van der Waals surface area contributed by atoms with Gasteiger partial charge in [-0.15, -0.1) is 0 Å². The van der Waals surface area contributed by atoms with E-state index in [-0.39, 0.29) is 12.6 Å². The molecule has 0 aliphatic carbocycles. The zero-order valence-corrected chi connectivity index (χ0v) is 16.2. The Morgan fingerprint density at radius 2 is 1.85 bits per heavy atom. The summed E-state index contributed by atoms with van der Waals surface area (Å²) in [4.78, 5) is 24.4. The first kappa shape index (κ1) is 20.8. The van der Waals surface area contributed by atoms with Crippen molar-refractivity contribution in [1.82, 2.24) is 10.6 Å². The number of esters is 1. The number of hydrogen-bond donors (Lipinski definition) is 2. The van der Waals surface area contributed by atoms with Crippen LogP contribution in [-0.4, -0.2) is 38.9 Å². The van der Waals surface area contributed by atoms with Gasteiger partial charge in [-0.3, -0.25) is 0 Å². The van der Waals surface area contributed by atoms with Crippen LogP contribution in [0.4, 0.5) is 4.79 Å². The number of urea groups is 1. The Kier molecular flexibility index (Phi) is 8.13. The van der Waals surface area contributed by atoms with Crippen molar-refractivity contribution in [3.05, 3.63) is 41.1 Å². The van der Waals surface area contributed by atoms with Crippen molar-refractivity contribution < 1.29 is 23.8 Å². The van der Waals surface area contributed by atoms with E-state index in [0.29, 0.717) is 24.5 Å². The van der Waals surface area contributed by atoms with E-state index in [1.54, 1.807) is 6.92 Å². The first-order valence-electron chi connectivity index (χ1n) is 9.24. The normalized spacial score (nSPS) is 16.6. The van der Waals surface area contributed by atoms with E-state index in [2.05, 4.69) is 17.6 Å². The van der Waals surface area contributed by atoms with E-state index < -0.39 is 12.0 Å². The van der Waals surface area contributed by atoms with Gasteiger partial charge in [0.25, 0.3) is 0 Å². The lowest BCUT2D eigenvalue weighted by molar-refractivity contribution is -0.140. The molecule has 148 valence electrons. The van der Waals surface area contributed by atoms with Gasteiger partial charge >= 0.3 is 12.0 Å². The number of benzene rings is 1. The Bertz CT molecular complexity index is 669. The Balaban J connectivity index is 2.11. The second-order valence-corrected chi connectivity index (χ2v) is 6.32. The Hall–Kier alpha value is -2.54. The van der Waals surface area contributed by atoms with E-state index in [1.807, 2.05) is 24.3 Å². The summed E-state index contributed by atoms with van der Waals surface area (Å²) >= 11 is 0. The third kappa shape index (κ3) is 5.99. The van der Waals surface area contributed by atoms with Crippen LogP contribution >= 0.6 is 0 Å². The first-order valence-corrected chi connectivity index (χ1v) is 9.24. The lowest BCUT2D eigenvalue weighted by Crippen LogP contribution is -2.45. The highest BCUT2D eigenvalue weighted by molar-refractivity contribution is 5.95. The second-order valence-electron chi connectivity index (χ2n) is 6.32. The number of allylic oxidation sites excluding steroid dienone is 1. The third-order valence-corrected chi connectivity index (χ3v) is 4.24. The van der Waals surface area contributed by atoms with Crippen molar-refractivity contribution in [3.8, 4) is 5.75 Å². The molecule has 2 rings (SSSR count). The van der Waals surface area contributed by atoms with Crippen LogP contribution in [0.5, 0.6) is 5.75 Å². The third-order valence-electron chi connectivity index (χ3n) is 4.24. The van der Waals surface area contributed by atoms with Gasteiger partial charge in [0.2, 0.25) is 0 Å². The first-order chi connectivity index (χ1) is 13.1. The zero-order chi connectivity index (χ0) is 19.6. The molecule has 2 amide bonds. The lowest BCUT2D eigenvalue weighted by Gasteiger charge is -2.28. The Morgan fingerprint density at radius 1 is 1.11 bits per heavy atom. The van der Waals surface area contributed by atoms with E-state index in [4.69, 9.17) is 14.2 Å². The Morgan fingerprint density at radius 3 is 2.52 bits per heavy atom. The molecule has 1 aliphatic rings. The molecule has 0 spiro atoms. The van der Waals surface area contributed by atoms with Crippen molar-refractivity contribution in [2.45, 2.75) is 39.2 Å².